The average molecular weight is 344 g/mol. The maximum atomic E-state index is 12.2. The molecule has 1 atom stereocenters. The predicted octanol–water partition coefficient (Wildman–Crippen LogP) is 2.81. The van der Waals surface area contributed by atoms with Crippen LogP contribution in [0.5, 0.6) is 0 Å². The van der Waals surface area contributed by atoms with Gasteiger partial charge in [-0.1, -0.05) is 0 Å². The Labute approximate surface area is 149 Å². The van der Waals surface area contributed by atoms with E-state index in [0.717, 1.165) is 18.8 Å². The number of carbonyl (C=O) groups excluding carboxylic acids is 2. The first-order chi connectivity index (χ1) is 12.0. The number of nitrogens with one attached hydrogen (secondary N) is 2. The fraction of sp³-hybridized carbons (Fsp3) is 0.579. The molecule has 25 heavy (non-hydrogen) atoms. The Balaban J connectivity index is 1.50. The Morgan fingerprint density at radius 1 is 1.12 bits per heavy atom. The van der Waals surface area contributed by atoms with Crippen molar-refractivity contribution in [1.29, 1.82) is 0 Å². The number of benzene rings is 1. The molecule has 2 saturated heterocycles. The van der Waals surface area contributed by atoms with Crippen molar-refractivity contribution in [3.8, 4) is 0 Å². The molecular formula is C19H28N4O2. The van der Waals surface area contributed by atoms with Crippen LogP contribution < -0.4 is 15.5 Å². The van der Waals surface area contributed by atoms with Crippen LogP contribution in [0.4, 0.5) is 16.2 Å². The summed E-state index contributed by atoms with van der Waals surface area (Å²) in [6, 6.07) is 7.77. The molecule has 6 heteroatoms. The van der Waals surface area contributed by atoms with Crippen molar-refractivity contribution in [2.45, 2.75) is 51.6 Å². The van der Waals surface area contributed by atoms with Gasteiger partial charge in [0.25, 0.3) is 0 Å². The minimum atomic E-state index is -0.255. The normalized spacial score (nSPS) is 20.9. The summed E-state index contributed by atoms with van der Waals surface area (Å²) in [6.07, 6.45) is 4.18. The van der Waals surface area contributed by atoms with Crippen LogP contribution in [0.3, 0.4) is 0 Å². The van der Waals surface area contributed by atoms with Gasteiger partial charge in [0, 0.05) is 43.5 Å². The van der Waals surface area contributed by atoms with Crippen LogP contribution in [0.15, 0.2) is 24.3 Å². The third-order valence-electron chi connectivity index (χ3n) is 4.96. The van der Waals surface area contributed by atoms with Gasteiger partial charge in [-0.15, -0.1) is 0 Å². The number of hydrogen-bond acceptors (Lipinski definition) is 3. The lowest BCUT2D eigenvalue weighted by Crippen LogP contribution is -2.40. The molecule has 0 aromatic heterocycles. The molecule has 0 saturated carbocycles. The van der Waals surface area contributed by atoms with Crippen LogP contribution in [0.25, 0.3) is 0 Å². The van der Waals surface area contributed by atoms with Gasteiger partial charge < -0.3 is 20.4 Å². The molecule has 2 aliphatic heterocycles. The largest absolute Gasteiger partial charge is 0.372 e. The molecule has 1 aromatic carbocycles. The Hall–Kier alpha value is -2.24. The standard InChI is InChI=1S/C19H28N4O2/c1-14(2)23-13-16(12-18(23)24)21-19(25)20-15-6-8-17(9-7-15)22-10-4-3-5-11-22/h6-9,14,16H,3-5,10-13H2,1-2H3,(H2,20,21,25). The Kier molecular flexibility index (Phi) is 5.46. The van der Waals surface area contributed by atoms with Crippen molar-refractivity contribution in [3.05, 3.63) is 24.3 Å². The lowest BCUT2D eigenvalue weighted by Gasteiger charge is -2.28. The van der Waals surface area contributed by atoms with Crippen LogP contribution in [-0.4, -0.2) is 48.6 Å². The van der Waals surface area contributed by atoms with Gasteiger partial charge in [0.1, 0.15) is 0 Å². The molecule has 3 amide bonds. The van der Waals surface area contributed by atoms with E-state index in [9.17, 15) is 9.59 Å². The molecule has 2 N–H and O–H groups in total. The topological polar surface area (TPSA) is 64.7 Å². The van der Waals surface area contributed by atoms with Crippen LogP contribution in [0.2, 0.25) is 0 Å². The minimum absolute atomic E-state index is 0.103. The molecule has 1 unspecified atom stereocenters. The van der Waals surface area contributed by atoms with Crippen molar-refractivity contribution in [2.75, 3.05) is 29.9 Å². The zero-order valence-electron chi connectivity index (χ0n) is 15.1. The summed E-state index contributed by atoms with van der Waals surface area (Å²) in [7, 11) is 0. The molecule has 6 nitrogen and oxygen atoms in total. The first kappa shape index (κ1) is 17.6. The molecule has 2 heterocycles. The molecule has 0 radical (unpaired) electrons. The summed E-state index contributed by atoms with van der Waals surface area (Å²) in [5.74, 6) is 0.103. The van der Waals surface area contributed by atoms with E-state index in [-0.39, 0.29) is 24.0 Å². The van der Waals surface area contributed by atoms with Crippen molar-refractivity contribution in [2.24, 2.45) is 0 Å². The Bertz CT molecular complexity index is 608. The van der Waals surface area contributed by atoms with Crippen molar-refractivity contribution in [3.63, 3.8) is 0 Å². The van der Waals surface area contributed by atoms with Crippen molar-refractivity contribution < 1.29 is 9.59 Å². The van der Waals surface area contributed by atoms with E-state index in [4.69, 9.17) is 0 Å². The number of piperidine rings is 1. The number of carbonyl (C=O) groups is 2. The van der Waals surface area contributed by atoms with E-state index in [2.05, 4.69) is 27.7 Å². The van der Waals surface area contributed by atoms with Crippen LogP contribution in [-0.2, 0) is 4.79 Å². The molecule has 0 spiro atoms. The molecule has 3 rings (SSSR count). The van der Waals surface area contributed by atoms with Gasteiger partial charge in [0.05, 0.1) is 6.04 Å². The van der Waals surface area contributed by atoms with E-state index in [1.54, 1.807) is 4.90 Å². The van der Waals surface area contributed by atoms with E-state index in [1.807, 2.05) is 26.0 Å². The third kappa shape index (κ3) is 4.44. The van der Waals surface area contributed by atoms with Crippen LogP contribution in [0, 0.1) is 0 Å². The van der Waals surface area contributed by atoms with E-state index in [1.165, 1.54) is 24.9 Å². The van der Waals surface area contributed by atoms with Gasteiger partial charge in [0.2, 0.25) is 5.91 Å². The number of anilines is 2. The van der Waals surface area contributed by atoms with Gasteiger partial charge in [-0.05, 0) is 57.4 Å². The molecule has 1 aromatic rings. The van der Waals surface area contributed by atoms with E-state index >= 15 is 0 Å². The quantitative estimate of drug-likeness (QED) is 0.883. The molecular weight excluding hydrogens is 316 g/mol. The van der Waals surface area contributed by atoms with Crippen LogP contribution >= 0.6 is 0 Å². The number of nitrogens with zero attached hydrogens (tertiary/aromatic N) is 2. The van der Waals surface area contributed by atoms with Crippen molar-refractivity contribution in [1.82, 2.24) is 10.2 Å². The number of urea groups is 1. The van der Waals surface area contributed by atoms with E-state index in [0.29, 0.717) is 13.0 Å². The summed E-state index contributed by atoms with van der Waals surface area (Å²) in [5.41, 5.74) is 1.97. The minimum Gasteiger partial charge on any atom is -0.372 e. The summed E-state index contributed by atoms with van der Waals surface area (Å²) in [6.45, 7) is 6.77. The van der Waals surface area contributed by atoms with Gasteiger partial charge >= 0.3 is 6.03 Å². The summed E-state index contributed by atoms with van der Waals surface area (Å²) in [5, 5.41) is 5.76. The highest BCUT2D eigenvalue weighted by Gasteiger charge is 2.31. The second kappa shape index (κ2) is 7.76. The second-order valence-electron chi connectivity index (χ2n) is 7.23. The fourth-order valence-corrected chi connectivity index (χ4v) is 3.59. The number of likely N-dealkylation sites (tertiary alicyclic amines) is 1. The molecule has 2 aliphatic rings. The zero-order chi connectivity index (χ0) is 17.8. The first-order valence-corrected chi connectivity index (χ1v) is 9.25. The van der Waals surface area contributed by atoms with Crippen molar-refractivity contribution >= 4 is 23.3 Å². The summed E-state index contributed by atoms with van der Waals surface area (Å²) in [4.78, 5) is 28.3. The maximum absolute atomic E-state index is 12.2. The summed E-state index contributed by atoms with van der Waals surface area (Å²) < 4.78 is 0. The number of rotatable bonds is 4. The first-order valence-electron chi connectivity index (χ1n) is 9.25. The fourth-order valence-electron chi connectivity index (χ4n) is 3.59. The zero-order valence-corrected chi connectivity index (χ0v) is 15.1. The maximum Gasteiger partial charge on any atom is 0.319 e. The lowest BCUT2D eigenvalue weighted by atomic mass is 10.1. The SMILES string of the molecule is CC(C)N1CC(NC(=O)Nc2ccc(N3CCCCC3)cc2)CC1=O. The Morgan fingerprint density at radius 2 is 1.80 bits per heavy atom. The third-order valence-corrected chi connectivity index (χ3v) is 4.96. The Morgan fingerprint density at radius 3 is 2.40 bits per heavy atom. The second-order valence-corrected chi connectivity index (χ2v) is 7.23. The highest BCUT2D eigenvalue weighted by Crippen LogP contribution is 2.22. The van der Waals surface area contributed by atoms with Gasteiger partial charge in [-0.25, -0.2) is 4.79 Å². The van der Waals surface area contributed by atoms with Crippen LogP contribution in [0.1, 0.15) is 39.5 Å². The molecule has 0 bridgehead atoms. The summed E-state index contributed by atoms with van der Waals surface area (Å²) >= 11 is 0. The highest BCUT2D eigenvalue weighted by atomic mass is 16.2. The van der Waals surface area contributed by atoms with E-state index < -0.39 is 0 Å². The molecule has 136 valence electrons. The lowest BCUT2D eigenvalue weighted by molar-refractivity contribution is -0.129. The molecule has 2 fully saturated rings. The predicted molar refractivity (Wildman–Crippen MR) is 99.9 cm³/mol. The van der Waals surface area contributed by atoms with Gasteiger partial charge in [-0.3, -0.25) is 4.79 Å². The smallest absolute Gasteiger partial charge is 0.319 e. The average Bonchev–Trinajstić information content (AvgIpc) is 2.96. The monoisotopic (exact) mass is 344 g/mol. The molecule has 0 aliphatic carbocycles. The highest BCUT2D eigenvalue weighted by molar-refractivity contribution is 5.90. The number of amides is 3. The van der Waals surface area contributed by atoms with Gasteiger partial charge in [0.15, 0.2) is 0 Å². The number of hydrogen-bond donors (Lipinski definition) is 2. The van der Waals surface area contributed by atoms with Gasteiger partial charge in [-0.2, -0.15) is 0 Å².